The van der Waals surface area contributed by atoms with Crippen molar-refractivity contribution in [3.05, 3.63) is 94.4 Å². The lowest BCUT2D eigenvalue weighted by atomic mass is 10.2. The zero-order valence-electron chi connectivity index (χ0n) is 15.1. The summed E-state index contributed by atoms with van der Waals surface area (Å²) in [6.45, 7) is 9.31. The van der Waals surface area contributed by atoms with E-state index in [1.54, 1.807) is 30.3 Å². The van der Waals surface area contributed by atoms with Gasteiger partial charge in [0.05, 0.1) is 12.3 Å². The molecule has 148 valence electrons. The summed E-state index contributed by atoms with van der Waals surface area (Å²) >= 11 is 3.33. The molecule has 0 fully saturated rings. The summed E-state index contributed by atoms with van der Waals surface area (Å²) in [5.74, 6) is -3.98. The smallest absolute Gasteiger partial charge is 0.194 e. The van der Waals surface area contributed by atoms with Crippen LogP contribution in [0.25, 0.3) is 5.70 Å². The number of nitrogens with one attached hydrogen (secondary N) is 1. The van der Waals surface area contributed by atoms with Gasteiger partial charge in [-0.1, -0.05) is 13.2 Å². The van der Waals surface area contributed by atoms with E-state index >= 15 is 0 Å². The van der Waals surface area contributed by atoms with Crippen LogP contribution in [-0.4, -0.2) is 15.0 Å². The molecule has 0 bridgehead atoms. The summed E-state index contributed by atoms with van der Waals surface area (Å²) in [6.07, 6.45) is 4.72. The Balaban J connectivity index is 2.10. The molecule has 0 spiro atoms. The van der Waals surface area contributed by atoms with Gasteiger partial charge in [0.15, 0.2) is 17.5 Å². The number of benzene rings is 1. The van der Waals surface area contributed by atoms with Gasteiger partial charge in [0.2, 0.25) is 0 Å². The third kappa shape index (κ3) is 5.46. The summed E-state index contributed by atoms with van der Waals surface area (Å²) in [5.41, 5.74) is 2.72. The first kappa shape index (κ1) is 21.7. The first-order valence-electron chi connectivity index (χ1n) is 8.16. The normalized spacial score (nSPS) is 11.3. The van der Waals surface area contributed by atoms with Crippen LogP contribution in [0.4, 0.5) is 13.2 Å². The van der Waals surface area contributed by atoms with Gasteiger partial charge >= 0.3 is 0 Å². The van der Waals surface area contributed by atoms with Crippen molar-refractivity contribution in [1.29, 1.82) is 0 Å². The van der Waals surface area contributed by atoms with Crippen LogP contribution < -0.4 is 5.32 Å². The van der Waals surface area contributed by atoms with E-state index < -0.39 is 17.5 Å². The predicted octanol–water partition coefficient (Wildman–Crippen LogP) is 4.82. The Hall–Kier alpha value is -2.58. The molecule has 0 unspecified atom stereocenters. The van der Waals surface area contributed by atoms with E-state index in [1.807, 2.05) is 0 Å². The fourth-order valence-electron chi connectivity index (χ4n) is 2.41. The summed E-state index contributed by atoms with van der Waals surface area (Å²) in [6, 6.07) is 3.66. The standard InChI is InChI=1S/C20H19BrF3N3O/c1-4-27(10-14-5-17(22)20(24)18(23)6-14)9-12(2)26-13(3)15-7-16(21)19(11-28)25-8-15/h4-9,26,28H,1,3,10-11H2,2H3/b12-9+. The topological polar surface area (TPSA) is 48.4 Å². The molecule has 2 N–H and O–H groups in total. The molecule has 0 aliphatic heterocycles. The molecule has 8 heteroatoms. The maximum Gasteiger partial charge on any atom is 0.194 e. The summed E-state index contributed by atoms with van der Waals surface area (Å²) in [7, 11) is 0. The van der Waals surface area contributed by atoms with Crippen LogP contribution in [0.5, 0.6) is 0 Å². The minimum atomic E-state index is -1.49. The first-order chi connectivity index (χ1) is 13.2. The van der Waals surface area contributed by atoms with E-state index in [2.05, 4.69) is 39.4 Å². The van der Waals surface area contributed by atoms with Crippen molar-refractivity contribution in [2.24, 2.45) is 0 Å². The zero-order valence-corrected chi connectivity index (χ0v) is 16.7. The number of halogens is 4. The molecule has 1 aromatic carbocycles. The van der Waals surface area contributed by atoms with E-state index in [4.69, 9.17) is 5.11 Å². The van der Waals surface area contributed by atoms with Crippen molar-refractivity contribution >= 4 is 21.6 Å². The van der Waals surface area contributed by atoms with Crippen LogP contribution >= 0.6 is 15.9 Å². The molecule has 4 nitrogen and oxygen atoms in total. The van der Waals surface area contributed by atoms with Crippen molar-refractivity contribution in [3.8, 4) is 0 Å². The van der Waals surface area contributed by atoms with Crippen LogP contribution in [0.1, 0.15) is 23.7 Å². The van der Waals surface area contributed by atoms with Crippen molar-refractivity contribution in [2.45, 2.75) is 20.1 Å². The molecule has 28 heavy (non-hydrogen) atoms. The van der Waals surface area contributed by atoms with Crippen molar-refractivity contribution in [1.82, 2.24) is 15.2 Å². The SMILES string of the molecule is C=CN(/C=C(\C)NC(=C)c1cnc(CO)c(Br)c1)Cc1cc(F)c(F)c(F)c1. The fraction of sp³-hybridized carbons (Fsp3) is 0.150. The van der Waals surface area contributed by atoms with Gasteiger partial charge in [0.25, 0.3) is 0 Å². The summed E-state index contributed by atoms with van der Waals surface area (Å²) in [5, 5.41) is 12.3. The van der Waals surface area contributed by atoms with Gasteiger partial charge in [-0.15, -0.1) is 0 Å². The maximum absolute atomic E-state index is 13.4. The van der Waals surface area contributed by atoms with Gasteiger partial charge in [-0.25, -0.2) is 13.2 Å². The number of hydrogen-bond donors (Lipinski definition) is 2. The number of allylic oxidation sites excluding steroid dienone is 1. The van der Waals surface area contributed by atoms with E-state index in [1.165, 1.54) is 6.20 Å². The van der Waals surface area contributed by atoms with Crippen LogP contribution in [0, 0.1) is 17.5 Å². The molecule has 0 atom stereocenters. The molecular formula is C20H19BrF3N3O. The van der Waals surface area contributed by atoms with Crippen molar-refractivity contribution in [2.75, 3.05) is 0 Å². The first-order valence-corrected chi connectivity index (χ1v) is 8.96. The number of nitrogens with zero attached hydrogens (tertiary/aromatic N) is 2. The van der Waals surface area contributed by atoms with E-state index in [0.717, 1.165) is 12.1 Å². The zero-order chi connectivity index (χ0) is 20.8. The summed E-state index contributed by atoms with van der Waals surface area (Å²) < 4.78 is 40.5. The Kier molecular flexibility index (Phi) is 7.42. The van der Waals surface area contributed by atoms with Gasteiger partial charge < -0.3 is 15.3 Å². The average Bonchev–Trinajstić information content (AvgIpc) is 2.65. The third-order valence-electron chi connectivity index (χ3n) is 3.77. The number of hydrogen-bond acceptors (Lipinski definition) is 4. The molecule has 0 aliphatic rings. The van der Waals surface area contributed by atoms with Crippen molar-refractivity contribution in [3.63, 3.8) is 0 Å². The second-order valence-corrected chi connectivity index (χ2v) is 6.81. The number of aliphatic hydroxyl groups is 1. The van der Waals surface area contributed by atoms with Gasteiger partial charge in [0.1, 0.15) is 0 Å². The number of pyridine rings is 1. The lowest BCUT2D eigenvalue weighted by molar-refractivity contribution is 0.276. The van der Waals surface area contributed by atoms with Crippen LogP contribution in [0.2, 0.25) is 0 Å². The molecule has 0 aliphatic carbocycles. The molecule has 2 aromatic rings. The molecule has 0 saturated heterocycles. The molecule has 0 amide bonds. The Morgan fingerprint density at radius 1 is 1.29 bits per heavy atom. The minimum absolute atomic E-state index is 0.0986. The maximum atomic E-state index is 13.4. The molecule has 2 rings (SSSR count). The largest absolute Gasteiger partial charge is 0.390 e. The van der Waals surface area contributed by atoms with Gasteiger partial charge in [-0.2, -0.15) is 0 Å². The highest BCUT2D eigenvalue weighted by Gasteiger charge is 2.12. The Bertz CT molecular complexity index is 908. The van der Waals surface area contributed by atoms with Gasteiger partial charge in [-0.3, -0.25) is 4.98 Å². The molecule has 0 saturated carbocycles. The van der Waals surface area contributed by atoms with Crippen LogP contribution in [0.15, 0.2) is 60.1 Å². The molecule has 0 radical (unpaired) electrons. The average molecular weight is 454 g/mol. The molecule has 1 aromatic heterocycles. The lowest BCUT2D eigenvalue weighted by Gasteiger charge is -2.18. The van der Waals surface area contributed by atoms with E-state index in [9.17, 15) is 13.2 Å². The van der Waals surface area contributed by atoms with Crippen LogP contribution in [0.3, 0.4) is 0 Å². The van der Waals surface area contributed by atoms with E-state index in [-0.39, 0.29) is 18.7 Å². The lowest BCUT2D eigenvalue weighted by Crippen LogP contribution is -2.15. The Labute approximate surface area is 169 Å². The van der Waals surface area contributed by atoms with Crippen molar-refractivity contribution < 1.29 is 18.3 Å². The second kappa shape index (κ2) is 9.57. The fourth-order valence-corrected chi connectivity index (χ4v) is 2.89. The quantitative estimate of drug-likeness (QED) is 0.562. The second-order valence-electron chi connectivity index (χ2n) is 5.95. The number of aliphatic hydroxyl groups excluding tert-OH is 1. The molecule has 1 heterocycles. The third-order valence-corrected chi connectivity index (χ3v) is 4.45. The Morgan fingerprint density at radius 3 is 2.46 bits per heavy atom. The summed E-state index contributed by atoms with van der Waals surface area (Å²) in [4.78, 5) is 5.72. The minimum Gasteiger partial charge on any atom is -0.390 e. The van der Waals surface area contributed by atoms with Gasteiger partial charge in [-0.05, 0) is 52.8 Å². The predicted molar refractivity (Wildman–Crippen MR) is 106 cm³/mol. The highest BCUT2D eigenvalue weighted by atomic mass is 79.9. The Morgan fingerprint density at radius 2 is 1.93 bits per heavy atom. The monoisotopic (exact) mass is 453 g/mol. The van der Waals surface area contributed by atoms with E-state index in [0.29, 0.717) is 27.1 Å². The highest BCUT2D eigenvalue weighted by molar-refractivity contribution is 9.10. The highest BCUT2D eigenvalue weighted by Crippen LogP contribution is 2.20. The number of aromatic nitrogens is 1. The van der Waals surface area contributed by atoms with Crippen LogP contribution in [-0.2, 0) is 13.2 Å². The molecular weight excluding hydrogens is 435 g/mol. The van der Waals surface area contributed by atoms with Gasteiger partial charge in [0, 0.05) is 40.4 Å². The number of rotatable bonds is 8.